The summed E-state index contributed by atoms with van der Waals surface area (Å²) in [7, 11) is 0. The van der Waals surface area contributed by atoms with E-state index in [0.29, 0.717) is 11.5 Å². The molecule has 2 heterocycles. The molecule has 0 aliphatic carbocycles. The Morgan fingerprint density at radius 2 is 1.68 bits per heavy atom. The van der Waals surface area contributed by atoms with Crippen LogP contribution in [0.5, 0.6) is 0 Å². The van der Waals surface area contributed by atoms with Crippen molar-refractivity contribution >= 4 is 21.8 Å². The second-order valence-electron chi connectivity index (χ2n) is 10.5. The molecule has 1 aromatic carbocycles. The number of aliphatic hydroxyl groups excluding tert-OH is 1. The van der Waals surface area contributed by atoms with Crippen LogP contribution in [0.25, 0.3) is 21.8 Å². The summed E-state index contributed by atoms with van der Waals surface area (Å²) in [5.41, 5.74) is 1.33. The van der Waals surface area contributed by atoms with Crippen LogP contribution < -0.4 is 10.9 Å². The number of benzene rings is 1. The number of fused-ring (bicyclic) bond motifs is 3. The van der Waals surface area contributed by atoms with Crippen molar-refractivity contribution in [2.45, 2.75) is 110 Å². The standard InChI is InChI=1S/C30H44F3N3O2/c1-4-6-14-22(20-37)34-17-12-10-8-7-9-11-13-18-36-25(5-2)21(3)28-26(36)16-15-24-29(28)23(30(31,32)33)19-27(38)35-24/h15-16,19,22,34,37H,4-14,17-18,20H2,1-3H3,(H,35,38). The average molecular weight is 536 g/mol. The molecule has 3 N–H and O–H groups in total. The number of rotatable bonds is 16. The van der Waals surface area contributed by atoms with E-state index in [1.54, 1.807) is 6.07 Å². The Morgan fingerprint density at radius 1 is 1.00 bits per heavy atom. The fraction of sp³-hybridized carbons (Fsp3) is 0.633. The molecule has 0 amide bonds. The molecule has 1 unspecified atom stereocenters. The molecule has 212 valence electrons. The fourth-order valence-electron chi connectivity index (χ4n) is 5.67. The molecule has 5 nitrogen and oxygen atoms in total. The van der Waals surface area contributed by atoms with Crippen molar-refractivity contribution in [3.8, 4) is 0 Å². The number of H-pyrrole nitrogens is 1. The Hall–Kier alpha value is -2.32. The summed E-state index contributed by atoms with van der Waals surface area (Å²) in [6.07, 6.45) is 7.32. The number of alkyl halides is 3. The highest BCUT2D eigenvalue weighted by Gasteiger charge is 2.34. The Labute approximate surface area is 223 Å². The Morgan fingerprint density at radius 3 is 2.32 bits per heavy atom. The maximum absolute atomic E-state index is 13.9. The molecule has 0 fully saturated rings. The molecular weight excluding hydrogens is 491 g/mol. The highest BCUT2D eigenvalue weighted by molar-refractivity contribution is 6.09. The summed E-state index contributed by atoms with van der Waals surface area (Å²) < 4.78 is 43.8. The van der Waals surface area contributed by atoms with Crippen LogP contribution in [0.1, 0.15) is 94.9 Å². The molecule has 1 atom stereocenters. The molecule has 2 aromatic heterocycles. The van der Waals surface area contributed by atoms with Crippen LogP contribution in [0.2, 0.25) is 0 Å². The molecule has 3 rings (SSSR count). The van der Waals surface area contributed by atoms with Gasteiger partial charge < -0.3 is 20.0 Å². The van der Waals surface area contributed by atoms with Crippen molar-refractivity contribution in [2.24, 2.45) is 0 Å². The second-order valence-corrected chi connectivity index (χ2v) is 10.5. The zero-order valence-corrected chi connectivity index (χ0v) is 23.1. The quantitative estimate of drug-likeness (QED) is 0.169. The minimum absolute atomic E-state index is 0.0886. The van der Waals surface area contributed by atoms with E-state index in [-0.39, 0.29) is 23.6 Å². The monoisotopic (exact) mass is 535 g/mol. The van der Waals surface area contributed by atoms with E-state index in [1.807, 2.05) is 19.9 Å². The predicted octanol–water partition coefficient (Wildman–Crippen LogP) is 7.24. The van der Waals surface area contributed by atoms with Gasteiger partial charge in [0.25, 0.3) is 0 Å². The van der Waals surface area contributed by atoms with Crippen LogP contribution in [0.3, 0.4) is 0 Å². The number of nitrogens with one attached hydrogen (secondary N) is 2. The van der Waals surface area contributed by atoms with Crippen molar-refractivity contribution in [2.75, 3.05) is 13.2 Å². The number of aliphatic hydroxyl groups is 1. The number of halogens is 3. The van der Waals surface area contributed by atoms with E-state index in [2.05, 4.69) is 21.8 Å². The molecule has 8 heteroatoms. The van der Waals surface area contributed by atoms with Gasteiger partial charge in [-0.15, -0.1) is 0 Å². The Kier molecular flexibility index (Phi) is 11.3. The zero-order chi connectivity index (χ0) is 27.7. The van der Waals surface area contributed by atoms with Gasteiger partial charge in [0, 0.05) is 46.2 Å². The third-order valence-corrected chi connectivity index (χ3v) is 7.67. The summed E-state index contributed by atoms with van der Waals surface area (Å²) >= 11 is 0. The van der Waals surface area contributed by atoms with Gasteiger partial charge in [-0.3, -0.25) is 4.79 Å². The largest absolute Gasteiger partial charge is 0.417 e. The van der Waals surface area contributed by atoms with Crippen molar-refractivity contribution < 1.29 is 18.3 Å². The van der Waals surface area contributed by atoms with Gasteiger partial charge in [0.05, 0.1) is 12.2 Å². The van der Waals surface area contributed by atoms with Gasteiger partial charge in [0.15, 0.2) is 0 Å². The van der Waals surface area contributed by atoms with Crippen molar-refractivity contribution in [3.05, 3.63) is 45.4 Å². The lowest BCUT2D eigenvalue weighted by molar-refractivity contribution is -0.136. The van der Waals surface area contributed by atoms with Gasteiger partial charge in [0.2, 0.25) is 5.56 Å². The highest BCUT2D eigenvalue weighted by atomic mass is 19.4. The van der Waals surface area contributed by atoms with Gasteiger partial charge in [-0.05, 0) is 56.8 Å². The molecule has 0 bridgehead atoms. The van der Waals surface area contributed by atoms with Gasteiger partial charge in [0.1, 0.15) is 0 Å². The molecule has 0 saturated carbocycles. The molecule has 0 saturated heterocycles. The summed E-state index contributed by atoms with van der Waals surface area (Å²) in [6, 6.07) is 4.34. The first-order valence-corrected chi connectivity index (χ1v) is 14.3. The van der Waals surface area contributed by atoms with E-state index in [4.69, 9.17) is 0 Å². The van der Waals surface area contributed by atoms with E-state index >= 15 is 0 Å². The lowest BCUT2D eigenvalue weighted by Gasteiger charge is -2.15. The van der Waals surface area contributed by atoms with E-state index < -0.39 is 17.3 Å². The van der Waals surface area contributed by atoms with Crippen molar-refractivity contribution in [3.63, 3.8) is 0 Å². The van der Waals surface area contributed by atoms with Crippen LogP contribution in [0.15, 0.2) is 23.0 Å². The number of aryl methyl sites for hydroxylation is 2. The maximum Gasteiger partial charge on any atom is 0.417 e. The van der Waals surface area contributed by atoms with Gasteiger partial charge >= 0.3 is 6.18 Å². The third-order valence-electron chi connectivity index (χ3n) is 7.67. The number of hydrogen-bond acceptors (Lipinski definition) is 3. The van der Waals surface area contributed by atoms with Crippen molar-refractivity contribution in [1.29, 1.82) is 0 Å². The SMILES string of the molecule is CCCCC(CO)NCCCCCCCCCn1c(CC)c(C)c2c3c(C(F)(F)F)cc(=O)[nH]c3ccc21. The van der Waals surface area contributed by atoms with Crippen LogP contribution in [0, 0.1) is 6.92 Å². The van der Waals surface area contributed by atoms with Gasteiger partial charge in [-0.1, -0.05) is 58.8 Å². The van der Waals surface area contributed by atoms with Gasteiger partial charge in [-0.2, -0.15) is 13.2 Å². The number of nitrogens with zero attached hydrogens (tertiary/aromatic N) is 1. The predicted molar refractivity (Wildman–Crippen MR) is 150 cm³/mol. The minimum Gasteiger partial charge on any atom is -0.395 e. The number of unbranched alkanes of at least 4 members (excludes halogenated alkanes) is 7. The molecular formula is C30H44F3N3O2. The number of pyridine rings is 1. The number of aromatic nitrogens is 2. The van der Waals surface area contributed by atoms with Crippen molar-refractivity contribution in [1.82, 2.24) is 14.9 Å². The maximum atomic E-state index is 13.9. The first-order chi connectivity index (χ1) is 18.2. The molecule has 0 radical (unpaired) electrons. The summed E-state index contributed by atoms with van der Waals surface area (Å²) in [4.78, 5) is 14.5. The Balaban J connectivity index is 1.57. The smallest absolute Gasteiger partial charge is 0.395 e. The van der Waals surface area contributed by atoms with E-state index in [1.165, 1.54) is 19.3 Å². The molecule has 3 aromatic rings. The fourth-order valence-corrected chi connectivity index (χ4v) is 5.67. The lowest BCUT2D eigenvalue weighted by Crippen LogP contribution is -2.33. The zero-order valence-electron chi connectivity index (χ0n) is 23.1. The molecule has 0 aliphatic rings. The normalized spacial score (nSPS) is 13.1. The minimum atomic E-state index is -4.60. The highest BCUT2D eigenvalue weighted by Crippen LogP contribution is 2.39. The van der Waals surface area contributed by atoms with Crippen LogP contribution in [-0.2, 0) is 19.1 Å². The first-order valence-electron chi connectivity index (χ1n) is 14.3. The van der Waals surface area contributed by atoms with E-state index in [9.17, 15) is 23.1 Å². The average Bonchev–Trinajstić information content (AvgIpc) is 3.16. The Bertz CT molecular complexity index is 1230. The molecule has 38 heavy (non-hydrogen) atoms. The molecule has 0 spiro atoms. The number of hydrogen-bond donors (Lipinski definition) is 3. The van der Waals surface area contributed by atoms with Crippen LogP contribution >= 0.6 is 0 Å². The van der Waals surface area contributed by atoms with Crippen LogP contribution in [0.4, 0.5) is 13.2 Å². The third kappa shape index (κ3) is 7.41. The number of aromatic amines is 1. The van der Waals surface area contributed by atoms with E-state index in [0.717, 1.165) is 81.2 Å². The van der Waals surface area contributed by atoms with Gasteiger partial charge in [-0.25, -0.2) is 0 Å². The summed E-state index contributed by atoms with van der Waals surface area (Å²) in [5, 5.41) is 13.6. The summed E-state index contributed by atoms with van der Waals surface area (Å²) in [5.74, 6) is 0. The second kappa shape index (κ2) is 14.2. The first kappa shape index (κ1) is 30.2. The lowest BCUT2D eigenvalue weighted by atomic mass is 10.0. The molecule has 0 aliphatic heterocycles. The summed E-state index contributed by atoms with van der Waals surface area (Å²) in [6.45, 7) is 8.02. The topological polar surface area (TPSA) is 70.0 Å². The van der Waals surface area contributed by atoms with Crippen LogP contribution in [-0.4, -0.2) is 33.9 Å².